The molecule has 0 fully saturated rings. The van der Waals surface area contributed by atoms with E-state index in [2.05, 4.69) is 9.88 Å². The number of benzene rings is 1. The van der Waals surface area contributed by atoms with Crippen molar-refractivity contribution in [2.45, 2.75) is 6.42 Å². The smallest absolute Gasteiger partial charge is 0.263 e. The van der Waals surface area contributed by atoms with Crippen molar-refractivity contribution in [1.82, 2.24) is 14.5 Å². The first-order valence-corrected chi connectivity index (χ1v) is 7.87. The van der Waals surface area contributed by atoms with E-state index in [9.17, 15) is 4.79 Å². The number of hydrogen-bond donors (Lipinski definition) is 0. The lowest BCUT2D eigenvalue weighted by Gasteiger charge is -2.08. The Kier molecular flexibility index (Phi) is 4.62. The van der Waals surface area contributed by atoms with Crippen molar-refractivity contribution in [3.8, 4) is 5.75 Å². The molecule has 0 spiro atoms. The van der Waals surface area contributed by atoms with E-state index < -0.39 is 0 Å². The van der Waals surface area contributed by atoms with Crippen LogP contribution in [0.25, 0.3) is 10.9 Å². The molecule has 124 valence electrons. The van der Waals surface area contributed by atoms with Gasteiger partial charge in [-0.05, 0) is 56.4 Å². The van der Waals surface area contributed by atoms with Gasteiger partial charge in [-0.1, -0.05) is 0 Å². The van der Waals surface area contributed by atoms with Gasteiger partial charge < -0.3 is 9.64 Å². The van der Waals surface area contributed by atoms with Gasteiger partial charge in [0, 0.05) is 30.5 Å². The molecule has 0 saturated carbocycles. The first kappa shape index (κ1) is 16.2. The van der Waals surface area contributed by atoms with Crippen LogP contribution in [-0.2, 0) is 6.42 Å². The van der Waals surface area contributed by atoms with E-state index in [-0.39, 0.29) is 5.91 Å². The third kappa shape index (κ3) is 3.16. The van der Waals surface area contributed by atoms with Crippen LogP contribution in [0.5, 0.6) is 5.75 Å². The number of pyridine rings is 1. The quantitative estimate of drug-likeness (QED) is 0.724. The number of rotatable bonds is 5. The van der Waals surface area contributed by atoms with Crippen molar-refractivity contribution < 1.29 is 9.53 Å². The van der Waals surface area contributed by atoms with Crippen LogP contribution in [0.3, 0.4) is 0 Å². The standard InChI is InChI=1S/C19H21N3O2/c1-21(2)10-8-15-13-22(19(23)14-5-4-9-20-12-14)18-7-6-16(24-3)11-17(15)18/h4-7,9,11-13H,8,10H2,1-3H3. The zero-order valence-electron chi connectivity index (χ0n) is 14.2. The third-order valence-electron chi connectivity index (χ3n) is 4.05. The summed E-state index contributed by atoms with van der Waals surface area (Å²) in [4.78, 5) is 19.0. The predicted octanol–water partition coefficient (Wildman–Crippen LogP) is 2.84. The number of aromatic nitrogens is 2. The summed E-state index contributed by atoms with van der Waals surface area (Å²) in [5.74, 6) is 0.717. The molecule has 0 N–H and O–H groups in total. The molecule has 0 atom stereocenters. The minimum Gasteiger partial charge on any atom is -0.497 e. The highest BCUT2D eigenvalue weighted by molar-refractivity contribution is 6.03. The highest BCUT2D eigenvalue weighted by atomic mass is 16.5. The molecular weight excluding hydrogens is 302 g/mol. The lowest BCUT2D eigenvalue weighted by atomic mass is 10.1. The highest BCUT2D eigenvalue weighted by Crippen LogP contribution is 2.27. The van der Waals surface area contributed by atoms with Gasteiger partial charge in [0.05, 0.1) is 18.2 Å². The number of likely N-dealkylation sites (N-methyl/N-ethyl adjacent to an activating group) is 1. The molecule has 0 aliphatic rings. The number of hydrogen-bond acceptors (Lipinski definition) is 4. The van der Waals surface area contributed by atoms with E-state index in [0.717, 1.165) is 35.2 Å². The summed E-state index contributed by atoms with van der Waals surface area (Å²) in [5.41, 5.74) is 2.60. The number of carbonyl (C=O) groups is 1. The molecule has 2 heterocycles. The lowest BCUT2D eigenvalue weighted by Crippen LogP contribution is -2.15. The average Bonchev–Trinajstić information content (AvgIpc) is 2.97. The monoisotopic (exact) mass is 323 g/mol. The molecule has 3 aromatic rings. The highest BCUT2D eigenvalue weighted by Gasteiger charge is 2.16. The predicted molar refractivity (Wildman–Crippen MR) is 94.7 cm³/mol. The molecule has 0 saturated heterocycles. The summed E-state index contributed by atoms with van der Waals surface area (Å²) in [5, 5.41) is 1.05. The van der Waals surface area contributed by atoms with Gasteiger partial charge in [-0.3, -0.25) is 14.3 Å². The molecule has 2 aromatic heterocycles. The van der Waals surface area contributed by atoms with Crippen molar-refractivity contribution in [3.63, 3.8) is 0 Å². The van der Waals surface area contributed by atoms with Crippen molar-refractivity contribution in [2.24, 2.45) is 0 Å². The second kappa shape index (κ2) is 6.84. The fourth-order valence-corrected chi connectivity index (χ4v) is 2.74. The summed E-state index contributed by atoms with van der Waals surface area (Å²) in [6, 6.07) is 9.36. The largest absolute Gasteiger partial charge is 0.497 e. The molecular formula is C19H21N3O2. The minimum absolute atomic E-state index is 0.0747. The summed E-state index contributed by atoms with van der Waals surface area (Å²) in [7, 11) is 5.74. The molecule has 0 radical (unpaired) electrons. The fourth-order valence-electron chi connectivity index (χ4n) is 2.74. The van der Waals surface area contributed by atoms with Crippen molar-refractivity contribution in [1.29, 1.82) is 0 Å². The van der Waals surface area contributed by atoms with Crippen LogP contribution in [0.2, 0.25) is 0 Å². The number of nitrogens with zero attached hydrogens (tertiary/aromatic N) is 3. The average molecular weight is 323 g/mol. The van der Waals surface area contributed by atoms with Crippen molar-refractivity contribution in [3.05, 3.63) is 60.0 Å². The van der Waals surface area contributed by atoms with Gasteiger partial charge in [0.15, 0.2) is 0 Å². The van der Waals surface area contributed by atoms with E-state index in [1.165, 1.54) is 0 Å². The molecule has 0 aliphatic heterocycles. The summed E-state index contributed by atoms with van der Waals surface area (Å²) >= 11 is 0. The Balaban J connectivity index is 2.09. The molecule has 24 heavy (non-hydrogen) atoms. The van der Waals surface area contributed by atoms with E-state index in [4.69, 9.17) is 4.74 Å². The minimum atomic E-state index is -0.0747. The molecule has 3 rings (SSSR count). The number of ether oxygens (including phenoxy) is 1. The van der Waals surface area contributed by atoms with Gasteiger partial charge in [-0.25, -0.2) is 0 Å². The van der Waals surface area contributed by atoms with E-state index in [1.54, 1.807) is 36.2 Å². The third-order valence-corrected chi connectivity index (χ3v) is 4.05. The SMILES string of the molecule is COc1ccc2c(c1)c(CCN(C)C)cn2C(=O)c1cccnc1. The lowest BCUT2D eigenvalue weighted by molar-refractivity contribution is 0.0964. The second-order valence-corrected chi connectivity index (χ2v) is 6.01. The Bertz CT molecular complexity index is 854. The molecule has 0 bridgehead atoms. The summed E-state index contributed by atoms with van der Waals surface area (Å²) in [6.45, 7) is 0.914. The Morgan fingerprint density at radius 1 is 1.29 bits per heavy atom. The van der Waals surface area contributed by atoms with Crippen LogP contribution >= 0.6 is 0 Å². The van der Waals surface area contributed by atoms with Crippen LogP contribution in [0.4, 0.5) is 0 Å². The fraction of sp³-hybridized carbons (Fsp3) is 0.263. The molecule has 0 unspecified atom stereocenters. The van der Waals surface area contributed by atoms with Crippen molar-refractivity contribution in [2.75, 3.05) is 27.7 Å². The van der Waals surface area contributed by atoms with Crippen LogP contribution in [-0.4, -0.2) is 48.1 Å². The van der Waals surface area contributed by atoms with Gasteiger partial charge in [0.2, 0.25) is 0 Å². The van der Waals surface area contributed by atoms with E-state index in [1.807, 2.05) is 38.5 Å². The Morgan fingerprint density at radius 3 is 2.79 bits per heavy atom. The van der Waals surface area contributed by atoms with Gasteiger partial charge in [0.25, 0.3) is 5.91 Å². The summed E-state index contributed by atoms with van der Waals surface area (Å²) in [6.07, 6.45) is 6.06. The maximum absolute atomic E-state index is 12.8. The number of carbonyl (C=O) groups excluding carboxylic acids is 1. The van der Waals surface area contributed by atoms with E-state index in [0.29, 0.717) is 5.56 Å². The maximum atomic E-state index is 12.8. The zero-order valence-corrected chi connectivity index (χ0v) is 14.2. The molecule has 1 aromatic carbocycles. The van der Waals surface area contributed by atoms with Crippen molar-refractivity contribution >= 4 is 16.8 Å². The van der Waals surface area contributed by atoms with Crippen LogP contribution < -0.4 is 4.74 Å². The molecule has 0 aliphatic carbocycles. The van der Waals surface area contributed by atoms with Gasteiger partial charge in [0.1, 0.15) is 5.75 Å². The Morgan fingerprint density at radius 2 is 2.12 bits per heavy atom. The summed E-state index contributed by atoms with van der Waals surface area (Å²) < 4.78 is 7.05. The zero-order chi connectivity index (χ0) is 17.1. The maximum Gasteiger partial charge on any atom is 0.263 e. The second-order valence-electron chi connectivity index (χ2n) is 6.01. The number of fused-ring (bicyclic) bond motifs is 1. The first-order valence-electron chi connectivity index (χ1n) is 7.87. The molecule has 5 nitrogen and oxygen atoms in total. The van der Waals surface area contributed by atoms with Crippen LogP contribution in [0.15, 0.2) is 48.9 Å². The van der Waals surface area contributed by atoms with Gasteiger partial charge >= 0.3 is 0 Å². The topological polar surface area (TPSA) is 47.4 Å². The number of methoxy groups -OCH3 is 1. The molecule has 5 heteroatoms. The van der Waals surface area contributed by atoms with E-state index >= 15 is 0 Å². The van der Waals surface area contributed by atoms with Crippen LogP contribution in [0.1, 0.15) is 15.9 Å². The van der Waals surface area contributed by atoms with Gasteiger partial charge in [-0.2, -0.15) is 0 Å². The Labute approximate surface area is 141 Å². The first-order chi connectivity index (χ1) is 11.6. The normalized spacial score (nSPS) is 11.2. The Hall–Kier alpha value is -2.66. The molecule has 0 amide bonds. The van der Waals surface area contributed by atoms with Gasteiger partial charge in [-0.15, -0.1) is 0 Å². The van der Waals surface area contributed by atoms with Crippen LogP contribution in [0, 0.1) is 0 Å².